The Kier molecular flexibility index (Phi) is 2.51. The van der Waals surface area contributed by atoms with Gasteiger partial charge in [0.05, 0.1) is 17.7 Å². The van der Waals surface area contributed by atoms with E-state index in [-0.39, 0.29) is 17.7 Å². The Balaban J connectivity index is 3.13. The molecule has 0 amide bonds. The summed E-state index contributed by atoms with van der Waals surface area (Å²) in [6, 6.07) is 0. The molecule has 5 nitrogen and oxygen atoms in total. The van der Waals surface area contributed by atoms with Crippen LogP contribution < -0.4 is 5.73 Å². The predicted molar refractivity (Wildman–Crippen MR) is 51.0 cm³/mol. The van der Waals surface area contributed by atoms with Gasteiger partial charge >= 0.3 is 5.97 Å². The lowest BCUT2D eigenvalue weighted by molar-refractivity contribution is -0.136. The number of aromatic nitrogens is 1. The zero-order valence-electron chi connectivity index (χ0n) is 8.50. The van der Waals surface area contributed by atoms with Gasteiger partial charge in [0.25, 0.3) is 0 Å². The SMILES string of the molecule is CC(C)(C)c1noc(N)c1CC(=O)O. The van der Waals surface area contributed by atoms with Gasteiger partial charge in [-0.25, -0.2) is 0 Å². The topological polar surface area (TPSA) is 89.4 Å². The quantitative estimate of drug-likeness (QED) is 0.744. The Morgan fingerprint density at radius 2 is 2.14 bits per heavy atom. The molecule has 1 aromatic heterocycles. The van der Waals surface area contributed by atoms with Crippen molar-refractivity contribution in [1.82, 2.24) is 5.16 Å². The second-order valence-electron chi connectivity index (χ2n) is 4.19. The second-order valence-corrected chi connectivity index (χ2v) is 4.19. The molecule has 3 N–H and O–H groups in total. The molecule has 0 saturated heterocycles. The summed E-state index contributed by atoms with van der Waals surface area (Å²) in [5.41, 5.74) is 6.32. The maximum absolute atomic E-state index is 10.6. The molecule has 0 unspecified atom stereocenters. The van der Waals surface area contributed by atoms with Crippen molar-refractivity contribution in [2.24, 2.45) is 0 Å². The average Bonchev–Trinajstić information content (AvgIpc) is 2.30. The Hall–Kier alpha value is -1.52. The van der Waals surface area contributed by atoms with Crippen molar-refractivity contribution in [1.29, 1.82) is 0 Å². The first-order valence-electron chi connectivity index (χ1n) is 4.28. The van der Waals surface area contributed by atoms with Crippen molar-refractivity contribution < 1.29 is 14.4 Å². The smallest absolute Gasteiger partial charge is 0.308 e. The van der Waals surface area contributed by atoms with Crippen molar-refractivity contribution in [2.75, 3.05) is 5.73 Å². The van der Waals surface area contributed by atoms with E-state index >= 15 is 0 Å². The van der Waals surface area contributed by atoms with Crippen molar-refractivity contribution in [2.45, 2.75) is 32.6 Å². The van der Waals surface area contributed by atoms with Crippen LogP contribution in [0, 0.1) is 0 Å². The third-order valence-electron chi connectivity index (χ3n) is 1.86. The van der Waals surface area contributed by atoms with Crippen LogP contribution in [0.2, 0.25) is 0 Å². The fraction of sp³-hybridized carbons (Fsp3) is 0.556. The second kappa shape index (κ2) is 3.32. The number of carboxylic acid groups (broad SMARTS) is 1. The van der Waals surface area contributed by atoms with Gasteiger partial charge in [-0.3, -0.25) is 4.79 Å². The third-order valence-corrected chi connectivity index (χ3v) is 1.86. The Morgan fingerprint density at radius 1 is 1.57 bits per heavy atom. The zero-order valence-corrected chi connectivity index (χ0v) is 8.50. The lowest BCUT2D eigenvalue weighted by Crippen LogP contribution is -2.16. The molecule has 14 heavy (non-hydrogen) atoms. The molecular formula is C9H14N2O3. The minimum Gasteiger partial charge on any atom is -0.481 e. The van der Waals surface area contributed by atoms with E-state index in [0.717, 1.165) is 0 Å². The van der Waals surface area contributed by atoms with Gasteiger partial charge in [0.15, 0.2) is 0 Å². The molecular weight excluding hydrogens is 184 g/mol. The maximum atomic E-state index is 10.6. The van der Waals surface area contributed by atoms with Gasteiger partial charge in [0.2, 0.25) is 5.88 Å². The molecule has 0 atom stereocenters. The third kappa shape index (κ3) is 2.04. The van der Waals surface area contributed by atoms with E-state index in [4.69, 9.17) is 15.4 Å². The number of aliphatic carboxylic acids is 1. The summed E-state index contributed by atoms with van der Waals surface area (Å²) >= 11 is 0. The monoisotopic (exact) mass is 198 g/mol. The normalized spacial score (nSPS) is 11.6. The minimum atomic E-state index is -0.939. The molecule has 1 aromatic rings. The van der Waals surface area contributed by atoms with E-state index in [1.807, 2.05) is 20.8 Å². The average molecular weight is 198 g/mol. The van der Waals surface area contributed by atoms with E-state index in [1.54, 1.807) is 0 Å². The van der Waals surface area contributed by atoms with E-state index < -0.39 is 5.97 Å². The molecule has 0 aromatic carbocycles. The van der Waals surface area contributed by atoms with Crippen LogP contribution in [0.3, 0.4) is 0 Å². The first-order chi connectivity index (χ1) is 6.32. The highest BCUT2D eigenvalue weighted by Crippen LogP contribution is 2.28. The molecule has 0 aliphatic carbocycles. The van der Waals surface area contributed by atoms with Crippen LogP contribution in [-0.4, -0.2) is 16.2 Å². The van der Waals surface area contributed by atoms with Crippen molar-refractivity contribution in [3.63, 3.8) is 0 Å². The highest BCUT2D eigenvalue weighted by atomic mass is 16.5. The van der Waals surface area contributed by atoms with Crippen LogP contribution >= 0.6 is 0 Å². The molecule has 0 spiro atoms. The standard InChI is InChI=1S/C9H14N2O3/c1-9(2,3)7-5(4-6(12)13)8(10)14-11-7/h4,10H2,1-3H3,(H,12,13). The zero-order chi connectivity index (χ0) is 10.9. The summed E-state index contributed by atoms with van der Waals surface area (Å²) in [4.78, 5) is 10.6. The van der Waals surface area contributed by atoms with Gasteiger partial charge in [0.1, 0.15) is 0 Å². The van der Waals surface area contributed by atoms with Crippen LogP contribution in [-0.2, 0) is 16.6 Å². The summed E-state index contributed by atoms with van der Waals surface area (Å²) in [5, 5.41) is 12.5. The lowest BCUT2D eigenvalue weighted by Gasteiger charge is -2.15. The molecule has 0 radical (unpaired) electrons. The molecule has 0 fully saturated rings. The van der Waals surface area contributed by atoms with Crippen molar-refractivity contribution in [3.8, 4) is 0 Å². The molecule has 0 aliphatic heterocycles. The summed E-state index contributed by atoms with van der Waals surface area (Å²) < 4.78 is 4.79. The first kappa shape index (κ1) is 10.6. The molecule has 1 rings (SSSR count). The fourth-order valence-electron chi connectivity index (χ4n) is 1.23. The number of carboxylic acids is 1. The lowest BCUT2D eigenvalue weighted by atomic mass is 9.88. The number of carbonyl (C=O) groups is 1. The molecule has 0 saturated carbocycles. The summed E-state index contributed by atoms with van der Waals surface area (Å²) in [6.45, 7) is 5.78. The fourth-order valence-corrected chi connectivity index (χ4v) is 1.23. The highest BCUT2D eigenvalue weighted by molar-refractivity contribution is 5.72. The molecule has 5 heteroatoms. The van der Waals surface area contributed by atoms with E-state index in [9.17, 15) is 4.79 Å². The number of nitrogens with two attached hydrogens (primary N) is 1. The van der Waals surface area contributed by atoms with E-state index in [0.29, 0.717) is 11.3 Å². The Morgan fingerprint density at radius 3 is 2.57 bits per heavy atom. The molecule has 0 bridgehead atoms. The number of hydrogen-bond donors (Lipinski definition) is 2. The predicted octanol–water partition coefficient (Wildman–Crippen LogP) is 1.18. The van der Waals surface area contributed by atoms with Gasteiger partial charge in [-0.15, -0.1) is 0 Å². The van der Waals surface area contributed by atoms with Gasteiger partial charge in [-0.2, -0.15) is 0 Å². The van der Waals surface area contributed by atoms with E-state index in [2.05, 4.69) is 5.16 Å². The summed E-state index contributed by atoms with van der Waals surface area (Å²) in [5.74, 6) is -0.845. The van der Waals surface area contributed by atoms with E-state index in [1.165, 1.54) is 0 Å². The number of nitrogens with zero attached hydrogens (tertiary/aromatic N) is 1. The minimum absolute atomic E-state index is 0.0947. The molecule has 1 heterocycles. The number of nitrogen functional groups attached to an aromatic ring is 1. The summed E-state index contributed by atoms with van der Waals surface area (Å²) in [6.07, 6.45) is -0.151. The Bertz CT molecular complexity index is 349. The van der Waals surface area contributed by atoms with Gasteiger partial charge in [-0.1, -0.05) is 25.9 Å². The largest absolute Gasteiger partial charge is 0.481 e. The van der Waals surface area contributed by atoms with Crippen LogP contribution in [0.5, 0.6) is 0 Å². The van der Waals surface area contributed by atoms with Crippen LogP contribution in [0.1, 0.15) is 32.0 Å². The van der Waals surface area contributed by atoms with Crippen LogP contribution in [0.4, 0.5) is 5.88 Å². The first-order valence-corrected chi connectivity index (χ1v) is 4.28. The number of hydrogen-bond acceptors (Lipinski definition) is 4. The maximum Gasteiger partial charge on any atom is 0.308 e. The highest BCUT2D eigenvalue weighted by Gasteiger charge is 2.26. The number of anilines is 1. The van der Waals surface area contributed by atoms with Crippen molar-refractivity contribution >= 4 is 11.9 Å². The van der Waals surface area contributed by atoms with Crippen molar-refractivity contribution in [3.05, 3.63) is 11.3 Å². The Labute approximate surface area is 81.9 Å². The van der Waals surface area contributed by atoms with Crippen LogP contribution in [0.15, 0.2) is 4.52 Å². The molecule has 78 valence electrons. The van der Waals surface area contributed by atoms with Gasteiger partial charge in [0, 0.05) is 5.41 Å². The van der Waals surface area contributed by atoms with Crippen LogP contribution in [0.25, 0.3) is 0 Å². The van der Waals surface area contributed by atoms with Gasteiger partial charge < -0.3 is 15.4 Å². The summed E-state index contributed by atoms with van der Waals surface area (Å²) in [7, 11) is 0. The number of rotatable bonds is 2. The molecule has 0 aliphatic rings. The van der Waals surface area contributed by atoms with Gasteiger partial charge in [-0.05, 0) is 0 Å².